The third kappa shape index (κ3) is 7.11. The van der Waals surface area contributed by atoms with Gasteiger partial charge in [0.15, 0.2) is 0 Å². The predicted octanol–water partition coefficient (Wildman–Crippen LogP) is 2.02. The van der Waals surface area contributed by atoms with Crippen molar-refractivity contribution >= 4 is 46.8 Å². The summed E-state index contributed by atoms with van der Waals surface area (Å²) in [5.41, 5.74) is 5.20. The molecule has 8 nitrogen and oxygen atoms in total. The van der Waals surface area contributed by atoms with Crippen LogP contribution in [0.1, 0.15) is 50.4 Å². The maximum atomic E-state index is 13.0. The molecule has 1 aromatic carbocycles. The molecule has 4 amide bonds. The van der Waals surface area contributed by atoms with Crippen LogP contribution in [-0.4, -0.2) is 42.3 Å². The highest BCUT2D eigenvalue weighted by Crippen LogP contribution is 2.26. The Kier molecular flexibility index (Phi) is 8.31. The molecule has 1 aromatic rings. The van der Waals surface area contributed by atoms with E-state index in [1.54, 1.807) is 6.07 Å². The van der Waals surface area contributed by atoms with Crippen molar-refractivity contribution in [1.82, 2.24) is 16.0 Å². The lowest BCUT2D eigenvalue weighted by Gasteiger charge is -2.28. The Morgan fingerprint density at radius 1 is 1.16 bits per heavy atom. The van der Waals surface area contributed by atoms with Crippen molar-refractivity contribution in [2.45, 2.75) is 52.1 Å². The van der Waals surface area contributed by atoms with Crippen LogP contribution in [0.3, 0.4) is 0 Å². The van der Waals surface area contributed by atoms with Crippen LogP contribution in [0.2, 0.25) is 10.0 Å². The molecule has 3 atom stereocenters. The highest BCUT2D eigenvalue weighted by atomic mass is 35.5. The van der Waals surface area contributed by atoms with Gasteiger partial charge in [0.05, 0.1) is 15.6 Å². The molecule has 0 bridgehead atoms. The van der Waals surface area contributed by atoms with E-state index in [9.17, 15) is 19.2 Å². The SMILES string of the molecule is CC(C)(C)C[C@H](NC(=O)c1c(Cl)cccc1Cl)C(=O)N[C@@H](CC1CCNC1=O)C(N)=O. The molecule has 1 saturated heterocycles. The van der Waals surface area contributed by atoms with E-state index in [0.717, 1.165) is 0 Å². The van der Waals surface area contributed by atoms with Crippen LogP contribution in [0.4, 0.5) is 0 Å². The Morgan fingerprint density at radius 2 is 1.77 bits per heavy atom. The smallest absolute Gasteiger partial charge is 0.254 e. The van der Waals surface area contributed by atoms with Gasteiger partial charge in [-0.2, -0.15) is 0 Å². The number of benzene rings is 1. The monoisotopic (exact) mass is 470 g/mol. The average Bonchev–Trinajstić information content (AvgIpc) is 3.03. The summed E-state index contributed by atoms with van der Waals surface area (Å²) >= 11 is 12.2. The van der Waals surface area contributed by atoms with Gasteiger partial charge in [-0.25, -0.2) is 0 Å². The molecule has 0 spiro atoms. The van der Waals surface area contributed by atoms with E-state index in [1.165, 1.54) is 12.1 Å². The molecular formula is C21H28Cl2N4O4. The molecule has 0 aliphatic carbocycles. The molecule has 5 N–H and O–H groups in total. The first-order valence-corrected chi connectivity index (χ1v) is 10.8. The summed E-state index contributed by atoms with van der Waals surface area (Å²) in [5.74, 6) is -2.51. The number of rotatable bonds is 8. The summed E-state index contributed by atoms with van der Waals surface area (Å²) in [6.07, 6.45) is 0.938. The third-order valence-corrected chi connectivity index (χ3v) is 5.60. The zero-order chi connectivity index (χ0) is 23.3. The van der Waals surface area contributed by atoms with E-state index in [1.807, 2.05) is 20.8 Å². The van der Waals surface area contributed by atoms with Crippen molar-refractivity contribution in [2.24, 2.45) is 17.1 Å². The number of nitrogens with one attached hydrogen (secondary N) is 3. The van der Waals surface area contributed by atoms with Crippen molar-refractivity contribution < 1.29 is 19.2 Å². The van der Waals surface area contributed by atoms with Gasteiger partial charge in [-0.15, -0.1) is 0 Å². The lowest BCUT2D eigenvalue weighted by Crippen LogP contribution is -2.54. The fourth-order valence-electron chi connectivity index (χ4n) is 3.44. The first kappa shape index (κ1) is 24.9. The minimum Gasteiger partial charge on any atom is -0.368 e. The largest absolute Gasteiger partial charge is 0.368 e. The van der Waals surface area contributed by atoms with E-state index < -0.39 is 35.7 Å². The van der Waals surface area contributed by atoms with Crippen molar-refractivity contribution in [3.63, 3.8) is 0 Å². The quantitative estimate of drug-likeness (QED) is 0.462. The second-order valence-corrected chi connectivity index (χ2v) is 9.68. The minimum atomic E-state index is -1.04. The van der Waals surface area contributed by atoms with Crippen LogP contribution in [0.5, 0.6) is 0 Å². The summed E-state index contributed by atoms with van der Waals surface area (Å²) in [7, 11) is 0. The zero-order valence-electron chi connectivity index (χ0n) is 17.8. The van der Waals surface area contributed by atoms with E-state index in [0.29, 0.717) is 13.0 Å². The van der Waals surface area contributed by atoms with E-state index in [2.05, 4.69) is 16.0 Å². The molecule has 31 heavy (non-hydrogen) atoms. The van der Waals surface area contributed by atoms with Crippen LogP contribution in [0.25, 0.3) is 0 Å². The number of primary amides is 1. The van der Waals surface area contributed by atoms with Crippen LogP contribution in [0, 0.1) is 11.3 Å². The lowest BCUT2D eigenvalue weighted by molar-refractivity contribution is -0.130. The molecule has 0 radical (unpaired) electrons. The number of carbonyl (C=O) groups excluding carboxylic acids is 4. The molecule has 1 fully saturated rings. The Labute approximate surface area is 191 Å². The first-order chi connectivity index (χ1) is 14.4. The number of nitrogens with two attached hydrogens (primary N) is 1. The molecule has 2 rings (SSSR count). The number of halogens is 2. The fraction of sp³-hybridized carbons (Fsp3) is 0.524. The summed E-state index contributed by atoms with van der Waals surface area (Å²) in [5, 5.41) is 8.26. The van der Waals surface area contributed by atoms with E-state index in [4.69, 9.17) is 28.9 Å². The second kappa shape index (κ2) is 10.3. The average molecular weight is 471 g/mol. The Balaban J connectivity index is 2.19. The van der Waals surface area contributed by atoms with Gasteiger partial charge in [0.1, 0.15) is 12.1 Å². The Bertz CT molecular complexity index is 849. The second-order valence-electron chi connectivity index (χ2n) is 8.86. The normalized spacial score (nSPS) is 18.1. The molecule has 1 aliphatic heterocycles. The standard InChI is InChI=1S/C21H28Cl2N4O4/c1-21(2,3)10-15(27-20(31)16-12(22)5-4-6-13(16)23)19(30)26-14(17(24)28)9-11-7-8-25-18(11)29/h4-6,11,14-15H,7-10H2,1-3H3,(H2,24,28)(H,25,29)(H,26,30)(H,27,31)/t11?,14-,15-/m0/s1. The third-order valence-electron chi connectivity index (χ3n) is 4.97. The first-order valence-electron chi connectivity index (χ1n) is 10.0. The van der Waals surface area contributed by atoms with Gasteiger partial charge in [-0.3, -0.25) is 19.2 Å². The number of carbonyl (C=O) groups is 4. The van der Waals surface area contributed by atoms with Crippen LogP contribution in [-0.2, 0) is 14.4 Å². The number of amides is 4. The molecule has 1 aliphatic rings. The van der Waals surface area contributed by atoms with Gasteiger partial charge in [0.25, 0.3) is 5.91 Å². The van der Waals surface area contributed by atoms with E-state index in [-0.39, 0.29) is 39.8 Å². The van der Waals surface area contributed by atoms with Gasteiger partial charge < -0.3 is 21.7 Å². The molecular weight excluding hydrogens is 443 g/mol. The van der Waals surface area contributed by atoms with Crippen molar-refractivity contribution in [3.05, 3.63) is 33.8 Å². The van der Waals surface area contributed by atoms with Gasteiger partial charge in [-0.05, 0) is 36.8 Å². The van der Waals surface area contributed by atoms with Gasteiger partial charge in [0.2, 0.25) is 17.7 Å². The maximum absolute atomic E-state index is 13.0. The van der Waals surface area contributed by atoms with Crippen molar-refractivity contribution in [2.75, 3.05) is 6.54 Å². The van der Waals surface area contributed by atoms with Crippen molar-refractivity contribution in [3.8, 4) is 0 Å². The summed E-state index contributed by atoms with van der Waals surface area (Å²) in [4.78, 5) is 49.6. The van der Waals surface area contributed by atoms with Gasteiger partial charge in [0, 0.05) is 12.5 Å². The fourth-order valence-corrected chi connectivity index (χ4v) is 4.01. The molecule has 0 saturated carbocycles. The topological polar surface area (TPSA) is 130 Å². The van der Waals surface area contributed by atoms with Crippen molar-refractivity contribution in [1.29, 1.82) is 0 Å². The number of hydrogen-bond acceptors (Lipinski definition) is 4. The molecule has 1 unspecified atom stereocenters. The van der Waals surface area contributed by atoms with E-state index >= 15 is 0 Å². The summed E-state index contributed by atoms with van der Waals surface area (Å²) in [6.45, 7) is 6.26. The molecule has 0 aromatic heterocycles. The predicted molar refractivity (Wildman–Crippen MR) is 119 cm³/mol. The summed E-state index contributed by atoms with van der Waals surface area (Å²) in [6, 6.07) is 2.65. The molecule has 1 heterocycles. The minimum absolute atomic E-state index is 0.0617. The summed E-state index contributed by atoms with van der Waals surface area (Å²) < 4.78 is 0. The highest BCUT2D eigenvalue weighted by molar-refractivity contribution is 6.39. The van der Waals surface area contributed by atoms with Gasteiger partial charge >= 0.3 is 0 Å². The lowest BCUT2D eigenvalue weighted by atomic mass is 9.87. The Hall–Kier alpha value is -2.32. The van der Waals surface area contributed by atoms with Crippen LogP contribution >= 0.6 is 23.2 Å². The maximum Gasteiger partial charge on any atom is 0.254 e. The molecule has 170 valence electrons. The van der Waals surface area contributed by atoms with Gasteiger partial charge in [-0.1, -0.05) is 50.0 Å². The molecule has 10 heteroatoms. The van der Waals surface area contributed by atoms with Crippen LogP contribution in [0.15, 0.2) is 18.2 Å². The van der Waals surface area contributed by atoms with Crippen LogP contribution < -0.4 is 21.7 Å². The number of hydrogen-bond donors (Lipinski definition) is 4. The Morgan fingerprint density at radius 3 is 2.26 bits per heavy atom. The highest BCUT2D eigenvalue weighted by Gasteiger charge is 2.33. The zero-order valence-corrected chi connectivity index (χ0v) is 19.3.